The van der Waals surface area contributed by atoms with Crippen LogP contribution in [0, 0.1) is 17.1 Å². The highest BCUT2D eigenvalue weighted by Crippen LogP contribution is 2.38. The highest BCUT2D eigenvalue weighted by Gasteiger charge is 2.20. The summed E-state index contributed by atoms with van der Waals surface area (Å²) >= 11 is 7.32. The number of hydrogen-bond donors (Lipinski definition) is 1. The van der Waals surface area contributed by atoms with Crippen LogP contribution in [-0.4, -0.2) is 31.4 Å². The Morgan fingerprint density at radius 3 is 2.79 bits per heavy atom. The highest BCUT2D eigenvalue weighted by molar-refractivity contribution is 7.22. The predicted octanol–water partition coefficient (Wildman–Crippen LogP) is 3.36. The maximum Gasteiger partial charge on any atom is 0.333 e. The van der Waals surface area contributed by atoms with E-state index in [0.29, 0.717) is 26.9 Å². The standard InChI is InChI=1S/C21H12ClFN6O3S/c1-28-18-10(14(6-24)27-28)7-25-8-15(18)29-20(30)19-13(26-21(29)31)5-17(33-19)9-3-16(32-2)12(23)4-11(9)22/h3-5,7-8H,1-2H3,(H,26,31). The number of rotatable bonds is 3. The van der Waals surface area contributed by atoms with Gasteiger partial charge in [0.1, 0.15) is 10.8 Å². The summed E-state index contributed by atoms with van der Waals surface area (Å²) in [5.41, 5.74) is 0.231. The number of halogens is 2. The molecule has 0 fully saturated rings. The number of pyridine rings is 1. The number of aromatic amines is 1. The number of H-pyrrole nitrogens is 1. The Bertz CT molecular complexity index is 1760. The average molecular weight is 483 g/mol. The summed E-state index contributed by atoms with van der Waals surface area (Å²) in [4.78, 5) is 33.7. The molecule has 9 nitrogen and oxygen atoms in total. The van der Waals surface area contributed by atoms with Crippen LogP contribution in [0.1, 0.15) is 5.69 Å². The van der Waals surface area contributed by atoms with Crippen LogP contribution in [0.25, 0.3) is 37.2 Å². The lowest BCUT2D eigenvalue weighted by atomic mass is 10.1. The molecule has 5 aromatic rings. The molecule has 12 heteroatoms. The molecule has 33 heavy (non-hydrogen) atoms. The number of hydrogen-bond acceptors (Lipinski definition) is 7. The van der Waals surface area contributed by atoms with Crippen molar-refractivity contribution in [2.24, 2.45) is 7.05 Å². The largest absolute Gasteiger partial charge is 0.494 e. The number of benzene rings is 1. The Labute approximate surface area is 192 Å². The van der Waals surface area contributed by atoms with Gasteiger partial charge in [-0.25, -0.2) is 13.8 Å². The van der Waals surface area contributed by atoms with Crippen molar-refractivity contribution in [3.8, 4) is 27.9 Å². The first-order valence-corrected chi connectivity index (χ1v) is 10.6. The third-order valence-electron chi connectivity index (χ3n) is 5.15. The number of nitrogens with zero attached hydrogens (tertiary/aromatic N) is 5. The quantitative estimate of drug-likeness (QED) is 0.421. The summed E-state index contributed by atoms with van der Waals surface area (Å²) in [5, 5.41) is 14.0. The van der Waals surface area contributed by atoms with Gasteiger partial charge in [0.25, 0.3) is 5.56 Å². The molecule has 0 unspecified atom stereocenters. The zero-order chi connectivity index (χ0) is 23.4. The van der Waals surface area contributed by atoms with Gasteiger partial charge in [-0.05, 0) is 18.2 Å². The lowest BCUT2D eigenvalue weighted by Gasteiger charge is -2.07. The number of methoxy groups -OCH3 is 1. The van der Waals surface area contributed by atoms with E-state index in [2.05, 4.69) is 15.1 Å². The van der Waals surface area contributed by atoms with Crippen molar-refractivity contribution in [2.45, 2.75) is 0 Å². The number of aryl methyl sites for hydroxylation is 1. The molecule has 1 aromatic carbocycles. The monoisotopic (exact) mass is 482 g/mol. The van der Waals surface area contributed by atoms with E-state index in [9.17, 15) is 19.2 Å². The fourth-order valence-electron chi connectivity index (χ4n) is 3.69. The van der Waals surface area contributed by atoms with Crippen LogP contribution in [-0.2, 0) is 7.05 Å². The van der Waals surface area contributed by atoms with Gasteiger partial charge in [-0.3, -0.25) is 14.5 Å². The van der Waals surface area contributed by atoms with E-state index in [1.54, 1.807) is 13.1 Å². The van der Waals surface area contributed by atoms with Crippen molar-refractivity contribution < 1.29 is 9.13 Å². The van der Waals surface area contributed by atoms with Gasteiger partial charge in [0.2, 0.25) is 0 Å². The van der Waals surface area contributed by atoms with Crippen LogP contribution < -0.4 is 16.0 Å². The van der Waals surface area contributed by atoms with Crippen LogP contribution in [0.15, 0.2) is 40.2 Å². The number of aromatic nitrogens is 5. The Morgan fingerprint density at radius 1 is 1.27 bits per heavy atom. The normalized spacial score (nSPS) is 11.2. The van der Waals surface area contributed by atoms with Crippen LogP contribution >= 0.6 is 22.9 Å². The van der Waals surface area contributed by atoms with Gasteiger partial charge in [0.05, 0.1) is 40.4 Å². The van der Waals surface area contributed by atoms with Crippen LogP contribution in [0.2, 0.25) is 5.02 Å². The molecule has 0 aliphatic rings. The number of fused-ring (bicyclic) bond motifs is 2. The second-order valence-electron chi connectivity index (χ2n) is 7.03. The third kappa shape index (κ3) is 3.11. The van der Waals surface area contributed by atoms with Gasteiger partial charge in [-0.2, -0.15) is 10.4 Å². The van der Waals surface area contributed by atoms with E-state index in [4.69, 9.17) is 16.3 Å². The smallest absolute Gasteiger partial charge is 0.333 e. The molecule has 0 amide bonds. The molecule has 4 aromatic heterocycles. The molecule has 4 heterocycles. The number of nitriles is 1. The molecule has 0 bridgehead atoms. The topological polar surface area (TPSA) is 119 Å². The maximum absolute atomic E-state index is 14.0. The lowest BCUT2D eigenvalue weighted by Crippen LogP contribution is -2.33. The number of thiophene rings is 1. The van der Waals surface area contributed by atoms with E-state index in [1.165, 1.54) is 30.3 Å². The Morgan fingerprint density at radius 2 is 2.06 bits per heavy atom. The summed E-state index contributed by atoms with van der Waals surface area (Å²) in [7, 11) is 2.94. The van der Waals surface area contributed by atoms with E-state index in [0.717, 1.165) is 22.0 Å². The fraction of sp³-hybridized carbons (Fsp3) is 0.0952. The summed E-state index contributed by atoms with van der Waals surface area (Å²) in [6.07, 6.45) is 2.82. The van der Waals surface area contributed by atoms with Crippen molar-refractivity contribution in [3.05, 3.63) is 68.0 Å². The van der Waals surface area contributed by atoms with E-state index < -0.39 is 17.1 Å². The van der Waals surface area contributed by atoms with Gasteiger partial charge in [0, 0.05) is 23.7 Å². The molecule has 164 valence electrons. The molecule has 0 atom stereocenters. The Kier molecular flexibility index (Phi) is 4.77. The van der Waals surface area contributed by atoms with E-state index in [1.807, 2.05) is 6.07 Å². The minimum atomic E-state index is -0.686. The average Bonchev–Trinajstić information content (AvgIpc) is 3.35. The SMILES string of the molecule is COc1cc(-c2cc3[nH]c(=O)n(-c4cncc5c(C#N)nn(C)c45)c(=O)c3s2)c(Cl)cc1F. The minimum Gasteiger partial charge on any atom is -0.494 e. The first-order chi connectivity index (χ1) is 15.8. The molecule has 5 rings (SSSR count). The van der Waals surface area contributed by atoms with Crippen LogP contribution in [0.5, 0.6) is 5.75 Å². The molecule has 0 aliphatic heterocycles. The summed E-state index contributed by atoms with van der Waals surface area (Å²) in [6, 6.07) is 6.14. The molecular weight excluding hydrogens is 471 g/mol. The minimum absolute atomic E-state index is 0.0000162. The second-order valence-corrected chi connectivity index (χ2v) is 8.49. The third-order valence-corrected chi connectivity index (χ3v) is 6.62. The van der Waals surface area contributed by atoms with Crippen molar-refractivity contribution >= 4 is 44.1 Å². The van der Waals surface area contributed by atoms with E-state index in [-0.39, 0.29) is 26.9 Å². The molecule has 0 spiro atoms. The van der Waals surface area contributed by atoms with E-state index >= 15 is 0 Å². The van der Waals surface area contributed by atoms with Gasteiger partial charge in [0.15, 0.2) is 17.3 Å². The van der Waals surface area contributed by atoms with Gasteiger partial charge in [-0.15, -0.1) is 11.3 Å². The van der Waals surface area contributed by atoms with Gasteiger partial charge < -0.3 is 9.72 Å². The van der Waals surface area contributed by atoms with Crippen molar-refractivity contribution in [2.75, 3.05) is 7.11 Å². The summed E-state index contributed by atoms with van der Waals surface area (Å²) in [5.74, 6) is -0.614. The van der Waals surface area contributed by atoms with Crippen molar-refractivity contribution in [1.82, 2.24) is 24.3 Å². The summed E-state index contributed by atoms with van der Waals surface area (Å²) < 4.78 is 21.6. The Hall–Kier alpha value is -4.01. The fourth-order valence-corrected chi connectivity index (χ4v) is 5.07. The first kappa shape index (κ1) is 20.9. The molecular formula is C21H12ClFN6O3S. The maximum atomic E-state index is 14.0. The predicted molar refractivity (Wildman–Crippen MR) is 122 cm³/mol. The number of nitrogens with one attached hydrogen (secondary N) is 1. The molecule has 0 saturated heterocycles. The zero-order valence-electron chi connectivity index (χ0n) is 17.0. The molecule has 0 aliphatic carbocycles. The zero-order valence-corrected chi connectivity index (χ0v) is 18.6. The molecule has 0 saturated carbocycles. The van der Waals surface area contributed by atoms with Crippen molar-refractivity contribution in [1.29, 1.82) is 5.26 Å². The van der Waals surface area contributed by atoms with Crippen LogP contribution in [0.4, 0.5) is 4.39 Å². The number of ether oxygens (including phenoxy) is 1. The van der Waals surface area contributed by atoms with Crippen molar-refractivity contribution in [3.63, 3.8) is 0 Å². The lowest BCUT2D eigenvalue weighted by molar-refractivity contribution is 0.387. The first-order valence-electron chi connectivity index (χ1n) is 9.37. The summed E-state index contributed by atoms with van der Waals surface area (Å²) in [6.45, 7) is 0. The van der Waals surface area contributed by atoms with Crippen LogP contribution in [0.3, 0.4) is 0 Å². The Balaban J connectivity index is 1.78. The van der Waals surface area contributed by atoms with Gasteiger partial charge in [-0.1, -0.05) is 11.6 Å². The molecule has 1 N–H and O–H groups in total. The second kappa shape index (κ2) is 7.54. The van der Waals surface area contributed by atoms with Gasteiger partial charge >= 0.3 is 5.69 Å². The highest BCUT2D eigenvalue weighted by atomic mass is 35.5. The molecule has 0 radical (unpaired) electrons.